The number of aromatic nitrogens is 3. The van der Waals surface area contributed by atoms with Crippen molar-refractivity contribution >= 4 is 5.82 Å². The molecule has 0 aliphatic carbocycles. The zero-order chi connectivity index (χ0) is 17.9. The average Bonchev–Trinajstić information content (AvgIpc) is 3.18. The van der Waals surface area contributed by atoms with Crippen LogP contribution in [0.15, 0.2) is 47.1 Å². The Bertz CT molecular complexity index is 964. The molecule has 26 heavy (non-hydrogen) atoms. The quantitative estimate of drug-likeness (QED) is 0.720. The molecule has 2 aromatic heterocycles. The Morgan fingerprint density at radius 2 is 2.19 bits per heavy atom. The number of nitrogens with zero attached hydrogens (tertiary/aromatic N) is 5. The zero-order valence-corrected chi connectivity index (χ0v) is 14.0. The molecular formula is C19H16FN5O. The second-order valence-electron chi connectivity index (χ2n) is 6.24. The maximum absolute atomic E-state index is 13.4. The normalized spacial score (nSPS) is 17.1. The molecule has 1 saturated heterocycles. The summed E-state index contributed by atoms with van der Waals surface area (Å²) < 4.78 is 18.8. The van der Waals surface area contributed by atoms with Gasteiger partial charge in [-0.1, -0.05) is 17.3 Å². The third-order valence-corrected chi connectivity index (χ3v) is 4.50. The van der Waals surface area contributed by atoms with Crippen molar-refractivity contribution < 1.29 is 8.91 Å². The Kier molecular flexibility index (Phi) is 4.32. The van der Waals surface area contributed by atoms with Crippen molar-refractivity contribution in [1.29, 1.82) is 5.26 Å². The lowest BCUT2D eigenvalue weighted by atomic mass is 9.97. The summed E-state index contributed by atoms with van der Waals surface area (Å²) >= 11 is 0. The summed E-state index contributed by atoms with van der Waals surface area (Å²) in [7, 11) is 0. The Labute approximate surface area is 149 Å². The fraction of sp³-hybridized carbons (Fsp3) is 0.263. The monoisotopic (exact) mass is 349 g/mol. The van der Waals surface area contributed by atoms with Gasteiger partial charge in [-0.05, 0) is 37.1 Å². The minimum atomic E-state index is -0.336. The molecule has 130 valence electrons. The van der Waals surface area contributed by atoms with Gasteiger partial charge in [-0.25, -0.2) is 9.37 Å². The molecule has 1 fully saturated rings. The predicted molar refractivity (Wildman–Crippen MR) is 92.8 cm³/mol. The molecule has 1 aliphatic rings. The van der Waals surface area contributed by atoms with E-state index in [0.29, 0.717) is 35.2 Å². The van der Waals surface area contributed by atoms with E-state index in [1.807, 2.05) is 0 Å². The lowest BCUT2D eigenvalue weighted by Gasteiger charge is -2.32. The number of benzene rings is 1. The highest BCUT2D eigenvalue weighted by atomic mass is 19.1. The molecule has 0 N–H and O–H groups in total. The van der Waals surface area contributed by atoms with Crippen LogP contribution in [0.4, 0.5) is 10.2 Å². The lowest BCUT2D eigenvalue weighted by Crippen LogP contribution is -2.35. The van der Waals surface area contributed by atoms with E-state index in [1.54, 1.807) is 30.5 Å². The number of hydrogen-bond donors (Lipinski definition) is 0. The van der Waals surface area contributed by atoms with Gasteiger partial charge in [-0.15, -0.1) is 0 Å². The summed E-state index contributed by atoms with van der Waals surface area (Å²) in [4.78, 5) is 10.9. The van der Waals surface area contributed by atoms with Crippen LogP contribution in [0, 0.1) is 17.1 Å². The van der Waals surface area contributed by atoms with Crippen LogP contribution >= 0.6 is 0 Å². The van der Waals surface area contributed by atoms with Crippen LogP contribution in [0.1, 0.15) is 30.2 Å². The third kappa shape index (κ3) is 3.14. The summed E-state index contributed by atoms with van der Waals surface area (Å²) in [5.41, 5.74) is 1.14. The van der Waals surface area contributed by atoms with Crippen LogP contribution in [0.2, 0.25) is 0 Å². The van der Waals surface area contributed by atoms with E-state index >= 15 is 0 Å². The number of pyridine rings is 1. The van der Waals surface area contributed by atoms with Gasteiger partial charge in [-0.2, -0.15) is 10.2 Å². The fourth-order valence-electron chi connectivity index (χ4n) is 3.25. The minimum Gasteiger partial charge on any atom is -0.355 e. The van der Waals surface area contributed by atoms with Gasteiger partial charge in [0.25, 0.3) is 0 Å². The first-order valence-electron chi connectivity index (χ1n) is 8.44. The molecule has 0 radical (unpaired) electrons. The summed E-state index contributed by atoms with van der Waals surface area (Å²) in [5, 5.41) is 13.3. The van der Waals surface area contributed by atoms with Gasteiger partial charge in [0.2, 0.25) is 11.7 Å². The average molecular weight is 349 g/mol. The van der Waals surface area contributed by atoms with Crippen LogP contribution in [0.25, 0.3) is 11.4 Å². The molecule has 0 amide bonds. The molecule has 0 spiro atoms. The molecule has 0 bridgehead atoms. The van der Waals surface area contributed by atoms with Gasteiger partial charge < -0.3 is 9.42 Å². The van der Waals surface area contributed by atoms with Crippen LogP contribution in [-0.4, -0.2) is 28.2 Å². The number of nitriles is 1. The van der Waals surface area contributed by atoms with Crippen molar-refractivity contribution in [2.45, 2.75) is 18.8 Å². The molecular weight excluding hydrogens is 333 g/mol. The highest BCUT2D eigenvalue weighted by molar-refractivity contribution is 5.55. The number of rotatable bonds is 3. The van der Waals surface area contributed by atoms with E-state index in [1.165, 1.54) is 12.1 Å². The lowest BCUT2D eigenvalue weighted by molar-refractivity contribution is 0.333. The van der Waals surface area contributed by atoms with Crippen molar-refractivity contribution in [1.82, 2.24) is 15.1 Å². The van der Waals surface area contributed by atoms with Crippen LogP contribution in [-0.2, 0) is 0 Å². The summed E-state index contributed by atoms with van der Waals surface area (Å²) in [5.74, 6) is 1.31. The van der Waals surface area contributed by atoms with Crippen LogP contribution in [0.5, 0.6) is 0 Å². The van der Waals surface area contributed by atoms with E-state index in [-0.39, 0.29) is 11.7 Å². The van der Waals surface area contributed by atoms with Crippen LogP contribution < -0.4 is 4.90 Å². The Balaban J connectivity index is 1.56. The molecule has 0 unspecified atom stereocenters. The van der Waals surface area contributed by atoms with Gasteiger partial charge in [-0.3, -0.25) is 0 Å². The number of piperidine rings is 1. The van der Waals surface area contributed by atoms with Crippen molar-refractivity contribution in [3.8, 4) is 17.5 Å². The maximum atomic E-state index is 13.4. The molecule has 3 aromatic rings. The first kappa shape index (κ1) is 16.2. The van der Waals surface area contributed by atoms with Crippen molar-refractivity contribution in [3.05, 3.63) is 59.9 Å². The summed E-state index contributed by atoms with van der Waals surface area (Å²) in [6, 6.07) is 11.8. The Hall–Kier alpha value is -3.27. The second kappa shape index (κ2) is 6.92. The number of halogens is 1. The smallest absolute Gasteiger partial charge is 0.231 e. The summed E-state index contributed by atoms with van der Waals surface area (Å²) in [6.45, 7) is 1.48. The summed E-state index contributed by atoms with van der Waals surface area (Å²) in [6.07, 6.45) is 3.54. The molecule has 0 saturated carbocycles. The van der Waals surface area contributed by atoms with Gasteiger partial charge in [0.1, 0.15) is 17.7 Å². The van der Waals surface area contributed by atoms with Gasteiger partial charge >= 0.3 is 0 Å². The van der Waals surface area contributed by atoms with E-state index in [2.05, 4.69) is 26.1 Å². The number of hydrogen-bond acceptors (Lipinski definition) is 6. The SMILES string of the molecule is N#Cc1cccnc1N1CCC[C@@H](c2nc(-c3cccc(F)c3)no2)C1. The van der Waals surface area contributed by atoms with E-state index < -0.39 is 0 Å². The molecule has 3 heterocycles. The Morgan fingerprint density at radius 1 is 1.27 bits per heavy atom. The van der Waals surface area contributed by atoms with Crippen molar-refractivity contribution in [3.63, 3.8) is 0 Å². The predicted octanol–water partition coefficient (Wildman–Crippen LogP) is 3.53. The van der Waals surface area contributed by atoms with Crippen molar-refractivity contribution in [2.75, 3.05) is 18.0 Å². The first-order valence-corrected chi connectivity index (χ1v) is 8.44. The van der Waals surface area contributed by atoms with Gasteiger partial charge in [0.15, 0.2) is 0 Å². The largest absolute Gasteiger partial charge is 0.355 e. The van der Waals surface area contributed by atoms with E-state index in [4.69, 9.17) is 4.52 Å². The van der Waals surface area contributed by atoms with Gasteiger partial charge in [0, 0.05) is 24.8 Å². The number of anilines is 1. The van der Waals surface area contributed by atoms with E-state index in [9.17, 15) is 9.65 Å². The van der Waals surface area contributed by atoms with Gasteiger partial charge in [0.05, 0.1) is 11.5 Å². The third-order valence-electron chi connectivity index (χ3n) is 4.50. The maximum Gasteiger partial charge on any atom is 0.231 e. The molecule has 7 heteroatoms. The topological polar surface area (TPSA) is 78.8 Å². The first-order chi connectivity index (χ1) is 12.7. The van der Waals surface area contributed by atoms with Crippen molar-refractivity contribution in [2.24, 2.45) is 0 Å². The molecule has 1 aliphatic heterocycles. The fourth-order valence-corrected chi connectivity index (χ4v) is 3.25. The van der Waals surface area contributed by atoms with E-state index in [0.717, 1.165) is 19.4 Å². The second-order valence-corrected chi connectivity index (χ2v) is 6.24. The molecule has 6 nitrogen and oxygen atoms in total. The zero-order valence-electron chi connectivity index (χ0n) is 14.0. The highest BCUT2D eigenvalue weighted by Crippen LogP contribution is 2.30. The van der Waals surface area contributed by atoms with Crippen LogP contribution in [0.3, 0.4) is 0 Å². The minimum absolute atomic E-state index is 0.0482. The standard InChI is InChI=1S/C19H16FN5O/c20-16-7-1-4-13(10-16)17-23-19(26-24-17)15-6-3-9-25(12-15)18-14(11-21)5-2-8-22-18/h1-2,4-5,7-8,10,15H,3,6,9,12H2/t15-/m1/s1. The highest BCUT2D eigenvalue weighted by Gasteiger charge is 2.28. The Morgan fingerprint density at radius 3 is 3.04 bits per heavy atom. The molecule has 1 aromatic carbocycles. The molecule has 1 atom stereocenters. The molecule has 4 rings (SSSR count).